The van der Waals surface area contributed by atoms with Crippen molar-refractivity contribution >= 4 is 23.4 Å². The summed E-state index contributed by atoms with van der Waals surface area (Å²) in [7, 11) is 0. The average Bonchev–Trinajstić information content (AvgIpc) is 3.01. The topological polar surface area (TPSA) is 40.5 Å². The summed E-state index contributed by atoms with van der Waals surface area (Å²) >= 11 is 1.47. The number of carbonyl (C=O) groups excluding carboxylic acids is 1. The van der Waals surface area contributed by atoms with Gasteiger partial charge in [-0.15, -0.1) is 0 Å². The third-order valence-electron chi connectivity index (χ3n) is 4.50. The number of phenolic OH excluding ortho intramolecular Hbond substituents is 1. The van der Waals surface area contributed by atoms with Crippen molar-refractivity contribution in [3.63, 3.8) is 0 Å². The summed E-state index contributed by atoms with van der Waals surface area (Å²) in [5, 5.41) is 9.41. The zero-order valence-electron chi connectivity index (χ0n) is 14.4. The van der Waals surface area contributed by atoms with E-state index < -0.39 is 11.7 Å². The molecule has 1 N–H and O–H groups in total. The molecule has 3 nitrogen and oxygen atoms in total. The van der Waals surface area contributed by atoms with Crippen molar-refractivity contribution < 1.29 is 23.1 Å². The van der Waals surface area contributed by atoms with Crippen LogP contribution >= 0.6 is 11.8 Å². The summed E-state index contributed by atoms with van der Waals surface area (Å²) in [4.78, 5) is 16.1. The molecule has 0 spiro atoms. The Kier molecular flexibility index (Phi) is 4.55. The monoisotopic (exact) mass is 401 g/mol. The molecular weight excluding hydrogens is 387 g/mol. The molecular formula is C21H14F3NO2S. The number of nitrogens with zero attached hydrogens (tertiary/aromatic N) is 1. The first-order chi connectivity index (χ1) is 13.3. The van der Waals surface area contributed by atoms with Crippen LogP contribution in [-0.2, 0) is 12.7 Å². The molecule has 28 heavy (non-hydrogen) atoms. The van der Waals surface area contributed by atoms with E-state index in [0.717, 1.165) is 27.5 Å². The van der Waals surface area contributed by atoms with E-state index in [4.69, 9.17) is 0 Å². The highest BCUT2D eigenvalue weighted by atomic mass is 32.2. The molecule has 0 bridgehead atoms. The van der Waals surface area contributed by atoms with Crippen LogP contribution in [0.2, 0.25) is 0 Å². The fraction of sp³-hybridized carbons (Fsp3) is 0.0952. The summed E-state index contributed by atoms with van der Waals surface area (Å²) < 4.78 is 38.3. The van der Waals surface area contributed by atoms with E-state index in [0.29, 0.717) is 17.8 Å². The Bertz CT molecular complexity index is 1030. The summed E-state index contributed by atoms with van der Waals surface area (Å²) in [5.74, 6) is -0.0609. The molecule has 0 fully saturated rings. The summed E-state index contributed by atoms with van der Waals surface area (Å²) in [6.45, 7) is 0.292. The number of anilines is 1. The first-order valence-electron chi connectivity index (χ1n) is 8.41. The van der Waals surface area contributed by atoms with Crippen LogP contribution < -0.4 is 4.90 Å². The molecule has 0 aliphatic carbocycles. The molecule has 0 atom stereocenters. The van der Waals surface area contributed by atoms with Crippen LogP contribution in [0.4, 0.5) is 18.9 Å². The fourth-order valence-corrected chi connectivity index (χ4v) is 4.05. The average molecular weight is 401 g/mol. The van der Waals surface area contributed by atoms with Crippen molar-refractivity contribution in [3.8, 4) is 5.75 Å². The van der Waals surface area contributed by atoms with Gasteiger partial charge in [-0.1, -0.05) is 17.8 Å². The SMILES string of the molecule is O=C1c2cccc(Sc3ccc(O)cc3)c2CN1c1ccc(C(F)(F)F)cc1. The van der Waals surface area contributed by atoms with Crippen molar-refractivity contribution in [2.75, 3.05) is 4.90 Å². The minimum atomic E-state index is -4.41. The van der Waals surface area contributed by atoms with Gasteiger partial charge in [0.1, 0.15) is 5.75 Å². The fourth-order valence-electron chi connectivity index (χ4n) is 3.08. The standard InChI is InChI=1S/C21H14F3NO2S/c22-21(23,24)13-4-6-14(7-5-13)25-12-18-17(20(25)27)2-1-3-19(18)28-16-10-8-15(26)9-11-16/h1-11,26H,12H2. The number of carbonyl (C=O) groups is 1. The van der Waals surface area contributed by atoms with Gasteiger partial charge in [0.05, 0.1) is 12.1 Å². The van der Waals surface area contributed by atoms with Crippen LogP contribution in [0.15, 0.2) is 76.5 Å². The Hall–Kier alpha value is -2.93. The lowest BCUT2D eigenvalue weighted by atomic mass is 10.1. The number of amides is 1. The second-order valence-electron chi connectivity index (χ2n) is 6.31. The highest BCUT2D eigenvalue weighted by molar-refractivity contribution is 7.99. The largest absolute Gasteiger partial charge is 0.508 e. The van der Waals surface area contributed by atoms with E-state index in [1.807, 2.05) is 6.07 Å². The lowest BCUT2D eigenvalue weighted by Crippen LogP contribution is -2.23. The number of aromatic hydroxyl groups is 1. The molecule has 0 radical (unpaired) electrons. The minimum absolute atomic E-state index is 0.172. The molecule has 0 saturated carbocycles. The third kappa shape index (κ3) is 3.45. The molecule has 7 heteroatoms. The van der Waals surface area contributed by atoms with E-state index in [1.54, 1.807) is 36.4 Å². The number of benzene rings is 3. The number of rotatable bonds is 3. The van der Waals surface area contributed by atoms with Crippen LogP contribution in [0.3, 0.4) is 0 Å². The van der Waals surface area contributed by atoms with Crippen LogP contribution in [0.1, 0.15) is 21.5 Å². The molecule has 1 aliphatic rings. The van der Waals surface area contributed by atoms with Gasteiger partial charge in [0, 0.05) is 21.0 Å². The van der Waals surface area contributed by atoms with Crippen molar-refractivity contribution in [1.82, 2.24) is 0 Å². The van der Waals surface area contributed by atoms with Gasteiger partial charge < -0.3 is 10.0 Å². The van der Waals surface area contributed by atoms with Gasteiger partial charge in [0.25, 0.3) is 5.91 Å². The van der Waals surface area contributed by atoms with Gasteiger partial charge >= 0.3 is 6.18 Å². The van der Waals surface area contributed by atoms with Gasteiger partial charge in [-0.25, -0.2) is 0 Å². The van der Waals surface area contributed by atoms with Gasteiger partial charge in [0.15, 0.2) is 0 Å². The van der Waals surface area contributed by atoms with E-state index in [-0.39, 0.29) is 11.7 Å². The maximum absolute atomic E-state index is 12.8. The number of halogens is 3. The Morgan fingerprint density at radius 1 is 0.929 bits per heavy atom. The molecule has 3 aromatic carbocycles. The molecule has 1 amide bonds. The van der Waals surface area contributed by atoms with E-state index in [9.17, 15) is 23.1 Å². The highest BCUT2D eigenvalue weighted by Crippen LogP contribution is 2.38. The lowest BCUT2D eigenvalue weighted by Gasteiger charge is -2.17. The number of phenols is 1. The second kappa shape index (κ2) is 6.91. The summed E-state index contributed by atoms with van der Waals surface area (Å²) in [6.07, 6.45) is -4.41. The quantitative estimate of drug-likeness (QED) is 0.610. The maximum atomic E-state index is 12.8. The van der Waals surface area contributed by atoms with Crippen LogP contribution in [0.5, 0.6) is 5.75 Å². The first kappa shape index (κ1) is 18.4. The highest BCUT2D eigenvalue weighted by Gasteiger charge is 2.33. The third-order valence-corrected chi connectivity index (χ3v) is 5.61. The van der Waals surface area contributed by atoms with E-state index in [1.165, 1.54) is 28.8 Å². The van der Waals surface area contributed by atoms with Crippen LogP contribution in [-0.4, -0.2) is 11.0 Å². The maximum Gasteiger partial charge on any atom is 0.416 e. The molecule has 1 aliphatic heterocycles. The zero-order chi connectivity index (χ0) is 19.9. The second-order valence-corrected chi connectivity index (χ2v) is 7.43. The van der Waals surface area contributed by atoms with Crippen molar-refractivity contribution in [3.05, 3.63) is 83.4 Å². The Morgan fingerprint density at radius 3 is 2.25 bits per heavy atom. The van der Waals surface area contributed by atoms with Gasteiger partial charge in [-0.05, 0) is 66.2 Å². The Morgan fingerprint density at radius 2 is 1.61 bits per heavy atom. The minimum Gasteiger partial charge on any atom is -0.508 e. The molecule has 142 valence electrons. The summed E-state index contributed by atoms with van der Waals surface area (Å²) in [6, 6.07) is 16.8. The van der Waals surface area contributed by atoms with Gasteiger partial charge in [-0.2, -0.15) is 13.2 Å². The predicted octanol–water partition coefficient (Wildman–Crippen LogP) is 5.72. The Labute approximate surface area is 163 Å². The van der Waals surface area contributed by atoms with Crippen LogP contribution in [0.25, 0.3) is 0 Å². The first-order valence-corrected chi connectivity index (χ1v) is 9.22. The van der Waals surface area contributed by atoms with Gasteiger partial charge in [0.2, 0.25) is 0 Å². The number of hydrogen-bond donors (Lipinski definition) is 1. The number of alkyl halides is 3. The van der Waals surface area contributed by atoms with Crippen molar-refractivity contribution in [2.45, 2.75) is 22.5 Å². The lowest BCUT2D eigenvalue weighted by molar-refractivity contribution is -0.137. The number of fused-ring (bicyclic) bond motifs is 1. The normalized spacial score (nSPS) is 13.7. The Balaban J connectivity index is 1.62. The molecule has 0 saturated heterocycles. The van der Waals surface area contributed by atoms with E-state index in [2.05, 4.69) is 0 Å². The van der Waals surface area contributed by atoms with Crippen molar-refractivity contribution in [2.24, 2.45) is 0 Å². The molecule has 4 rings (SSSR count). The molecule has 3 aromatic rings. The van der Waals surface area contributed by atoms with Crippen LogP contribution in [0, 0.1) is 0 Å². The van der Waals surface area contributed by atoms with Gasteiger partial charge in [-0.3, -0.25) is 4.79 Å². The smallest absolute Gasteiger partial charge is 0.416 e. The molecule has 0 aromatic heterocycles. The van der Waals surface area contributed by atoms with Crippen molar-refractivity contribution in [1.29, 1.82) is 0 Å². The molecule has 0 unspecified atom stereocenters. The van der Waals surface area contributed by atoms with E-state index >= 15 is 0 Å². The zero-order valence-corrected chi connectivity index (χ0v) is 15.2. The number of hydrogen-bond acceptors (Lipinski definition) is 3. The molecule has 1 heterocycles. The summed E-state index contributed by atoms with van der Waals surface area (Å²) in [5.41, 5.74) is 1.06. The predicted molar refractivity (Wildman–Crippen MR) is 101 cm³/mol.